The fourth-order valence-corrected chi connectivity index (χ4v) is 1.71. The first-order valence-corrected chi connectivity index (χ1v) is 4.84. The summed E-state index contributed by atoms with van der Waals surface area (Å²) >= 11 is 0. The Labute approximate surface area is 88.0 Å². The van der Waals surface area contributed by atoms with Crippen LogP contribution in [-0.4, -0.2) is 53.2 Å². The van der Waals surface area contributed by atoms with Crippen molar-refractivity contribution in [3.63, 3.8) is 0 Å². The van der Waals surface area contributed by atoms with Gasteiger partial charge in [0.1, 0.15) is 18.3 Å². The van der Waals surface area contributed by atoms with Gasteiger partial charge in [-0.25, -0.2) is 0 Å². The van der Waals surface area contributed by atoms with Gasteiger partial charge in [0.15, 0.2) is 0 Å². The van der Waals surface area contributed by atoms with Crippen molar-refractivity contribution in [3.8, 4) is 0 Å². The van der Waals surface area contributed by atoms with Gasteiger partial charge in [0, 0.05) is 6.92 Å². The van der Waals surface area contributed by atoms with Crippen LogP contribution in [0.25, 0.3) is 0 Å². The number of nitrogens with two attached hydrogens (primary N) is 1. The van der Waals surface area contributed by atoms with Gasteiger partial charge in [-0.2, -0.15) is 0 Å². The Morgan fingerprint density at radius 3 is 2.67 bits per heavy atom. The lowest BCUT2D eigenvalue weighted by atomic mass is 9.94. The van der Waals surface area contributed by atoms with Crippen molar-refractivity contribution in [3.05, 3.63) is 0 Å². The summed E-state index contributed by atoms with van der Waals surface area (Å²) in [6.07, 6.45) is -2.87. The minimum atomic E-state index is -1.03. The summed E-state index contributed by atoms with van der Waals surface area (Å²) < 4.78 is 10.2. The molecule has 0 aliphatic carbocycles. The van der Waals surface area contributed by atoms with E-state index in [0.717, 1.165) is 0 Å². The number of rotatable bonds is 2. The maximum Gasteiger partial charge on any atom is 0.303 e. The predicted octanol–water partition coefficient (Wildman–Crippen LogP) is -1.61. The van der Waals surface area contributed by atoms with Gasteiger partial charge in [-0.3, -0.25) is 4.79 Å². The number of aliphatic hydroxyl groups excluding tert-OH is 2. The average molecular weight is 219 g/mol. The number of esters is 1. The third-order valence-electron chi connectivity index (χ3n) is 2.49. The standard InChI is InChI=1S/C9H17NO5/c1-4-9(15-5(2)12)7(10)8(13)6(3-11)14-4/h4,6-9,11,13H,3,10H2,1-2H3. The van der Waals surface area contributed by atoms with E-state index in [1.807, 2.05) is 0 Å². The Bertz CT molecular complexity index is 235. The van der Waals surface area contributed by atoms with Crippen LogP contribution in [0.1, 0.15) is 13.8 Å². The van der Waals surface area contributed by atoms with E-state index in [2.05, 4.69) is 0 Å². The molecule has 1 saturated heterocycles. The summed E-state index contributed by atoms with van der Waals surface area (Å²) in [6.45, 7) is 2.64. The first-order valence-electron chi connectivity index (χ1n) is 4.84. The molecule has 1 heterocycles. The summed E-state index contributed by atoms with van der Waals surface area (Å²) in [7, 11) is 0. The van der Waals surface area contributed by atoms with Crippen LogP contribution in [0.4, 0.5) is 0 Å². The molecular formula is C9H17NO5. The van der Waals surface area contributed by atoms with E-state index < -0.39 is 36.4 Å². The van der Waals surface area contributed by atoms with Crippen molar-refractivity contribution in [2.24, 2.45) is 5.73 Å². The molecule has 5 unspecified atom stereocenters. The zero-order valence-corrected chi connectivity index (χ0v) is 8.79. The smallest absolute Gasteiger partial charge is 0.303 e. The summed E-state index contributed by atoms with van der Waals surface area (Å²) in [5, 5.41) is 18.6. The molecule has 1 aliphatic rings. The van der Waals surface area contributed by atoms with Gasteiger partial charge in [0.2, 0.25) is 0 Å². The zero-order chi connectivity index (χ0) is 11.6. The molecule has 5 atom stereocenters. The molecule has 0 aromatic heterocycles. The normalized spacial score (nSPS) is 41.3. The largest absolute Gasteiger partial charge is 0.458 e. The number of carbonyl (C=O) groups is 1. The number of hydrogen-bond donors (Lipinski definition) is 3. The molecule has 1 aliphatic heterocycles. The lowest BCUT2D eigenvalue weighted by Gasteiger charge is -2.41. The molecule has 1 fully saturated rings. The highest BCUT2D eigenvalue weighted by molar-refractivity contribution is 5.66. The minimum Gasteiger partial charge on any atom is -0.458 e. The zero-order valence-electron chi connectivity index (χ0n) is 8.79. The van der Waals surface area contributed by atoms with Crippen LogP contribution in [0, 0.1) is 0 Å². The summed E-state index contributed by atoms with van der Waals surface area (Å²) in [6, 6.07) is -0.741. The van der Waals surface area contributed by atoms with E-state index in [4.69, 9.17) is 20.3 Å². The molecule has 6 heteroatoms. The molecular weight excluding hydrogens is 202 g/mol. The highest BCUT2D eigenvalue weighted by atomic mass is 16.6. The molecule has 0 amide bonds. The van der Waals surface area contributed by atoms with Crippen molar-refractivity contribution >= 4 is 5.97 Å². The van der Waals surface area contributed by atoms with Crippen LogP contribution in [0.3, 0.4) is 0 Å². The molecule has 0 aromatic rings. The van der Waals surface area contributed by atoms with Crippen molar-refractivity contribution in [1.29, 1.82) is 0 Å². The second kappa shape index (κ2) is 4.89. The Hall–Kier alpha value is -0.690. The molecule has 0 aromatic carbocycles. The van der Waals surface area contributed by atoms with Gasteiger partial charge in [-0.05, 0) is 6.92 Å². The Morgan fingerprint density at radius 2 is 2.20 bits per heavy atom. The van der Waals surface area contributed by atoms with E-state index in [1.54, 1.807) is 6.92 Å². The van der Waals surface area contributed by atoms with Crippen molar-refractivity contribution in [1.82, 2.24) is 0 Å². The first kappa shape index (κ1) is 12.4. The molecule has 1 rings (SSSR count). The van der Waals surface area contributed by atoms with Gasteiger partial charge in [-0.15, -0.1) is 0 Å². The fraction of sp³-hybridized carbons (Fsp3) is 0.889. The first-order chi connectivity index (χ1) is 6.97. The molecule has 0 saturated carbocycles. The van der Waals surface area contributed by atoms with Crippen molar-refractivity contribution in [2.45, 2.75) is 44.3 Å². The molecule has 0 spiro atoms. The number of aliphatic hydroxyl groups is 2. The van der Waals surface area contributed by atoms with E-state index in [0.29, 0.717) is 0 Å². The van der Waals surface area contributed by atoms with Gasteiger partial charge in [0.25, 0.3) is 0 Å². The summed E-state index contributed by atoms with van der Waals surface area (Å²) in [5.74, 6) is -0.472. The van der Waals surface area contributed by atoms with E-state index in [-0.39, 0.29) is 6.61 Å². The summed E-state index contributed by atoms with van der Waals surface area (Å²) in [4.78, 5) is 10.8. The third-order valence-corrected chi connectivity index (χ3v) is 2.49. The lowest BCUT2D eigenvalue weighted by Crippen LogP contribution is -2.62. The van der Waals surface area contributed by atoms with Crippen molar-refractivity contribution in [2.75, 3.05) is 6.61 Å². The number of hydrogen-bond acceptors (Lipinski definition) is 6. The molecule has 0 bridgehead atoms. The number of carbonyl (C=O) groups excluding carboxylic acids is 1. The number of ether oxygens (including phenoxy) is 2. The van der Waals surface area contributed by atoms with Gasteiger partial charge < -0.3 is 25.4 Å². The SMILES string of the molecule is CC(=O)OC1C(C)OC(CO)C(O)C1N. The van der Waals surface area contributed by atoms with E-state index in [9.17, 15) is 9.90 Å². The van der Waals surface area contributed by atoms with Crippen LogP contribution in [-0.2, 0) is 14.3 Å². The van der Waals surface area contributed by atoms with Crippen LogP contribution in [0.5, 0.6) is 0 Å². The highest BCUT2D eigenvalue weighted by Gasteiger charge is 2.42. The highest BCUT2D eigenvalue weighted by Crippen LogP contribution is 2.21. The Morgan fingerprint density at radius 1 is 1.60 bits per heavy atom. The average Bonchev–Trinajstić information content (AvgIpc) is 2.18. The second-order valence-electron chi connectivity index (χ2n) is 3.70. The maximum atomic E-state index is 10.8. The summed E-state index contributed by atoms with van der Waals surface area (Å²) in [5.41, 5.74) is 5.71. The monoisotopic (exact) mass is 219 g/mol. The van der Waals surface area contributed by atoms with Gasteiger partial charge in [0.05, 0.1) is 18.8 Å². The second-order valence-corrected chi connectivity index (χ2v) is 3.70. The quantitative estimate of drug-likeness (QED) is 0.483. The molecule has 15 heavy (non-hydrogen) atoms. The van der Waals surface area contributed by atoms with E-state index in [1.165, 1.54) is 6.92 Å². The third kappa shape index (κ3) is 2.66. The molecule has 6 nitrogen and oxygen atoms in total. The van der Waals surface area contributed by atoms with Crippen LogP contribution < -0.4 is 5.73 Å². The predicted molar refractivity (Wildman–Crippen MR) is 51.0 cm³/mol. The maximum absolute atomic E-state index is 10.8. The van der Waals surface area contributed by atoms with Gasteiger partial charge >= 0.3 is 5.97 Å². The Balaban J connectivity index is 2.70. The van der Waals surface area contributed by atoms with Crippen LogP contribution in [0.2, 0.25) is 0 Å². The van der Waals surface area contributed by atoms with Crippen molar-refractivity contribution < 1.29 is 24.5 Å². The Kier molecular flexibility index (Phi) is 4.04. The lowest BCUT2D eigenvalue weighted by molar-refractivity contribution is -0.200. The van der Waals surface area contributed by atoms with Crippen LogP contribution >= 0.6 is 0 Å². The minimum absolute atomic E-state index is 0.313. The molecule has 4 N–H and O–H groups in total. The molecule has 88 valence electrons. The topological polar surface area (TPSA) is 102 Å². The fourth-order valence-electron chi connectivity index (χ4n) is 1.71. The van der Waals surface area contributed by atoms with E-state index >= 15 is 0 Å². The van der Waals surface area contributed by atoms with Crippen LogP contribution in [0.15, 0.2) is 0 Å². The molecule has 0 radical (unpaired) electrons. The van der Waals surface area contributed by atoms with Gasteiger partial charge in [-0.1, -0.05) is 0 Å².